The molecule has 0 unspecified atom stereocenters. The molecule has 0 aliphatic carbocycles. The number of nitrogens with one attached hydrogen (secondary N) is 2. The number of hydrogen-bond acceptors (Lipinski definition) is 4. The number of hydrogen-bond donors (Lipinski definition) is 2. The van der Waals surface area contributed by atoms with Crippen LogP contribution >= 0.6 is 0 Å². The van der Waals surface area contributed by atoms with Crippen molar-refractivity contribution in [3.63, 3.8) is 0 Å². The summed E-state index contributed by atoms with van der Waals surface area (Å²) in [4.78, 5) is 25.5. The molecule has 1 aliphatic heterocycles. The van der Waals surface area contributed by atoms with Crippen LogP contribution in [-0.2, 0) is 14.1 Å². The number of amides is 1. The summed E-state index contributed by atoms with van der Waals surface area (Å²) in [7, 11) is 5.09. The summed E-state index contributed by atoms with van der Waals surface area (Å²) in [6.45, 7) is 1.88. The van der Waals surface area contributed by atoms with Crippen LogP contribution in [-0.4, -0.2) is 35.2 Å². The SMILES string of the molecule is COc1ccccc1C(=O)Nc1cc2c(cc1C1CCNCC1)n(C)c(=O)n2C. The number of benzene rings is 2. The minimum absolute atomic E-state index is 0.0792. The number of aryl methyl sites for hydroxylation is 2. The Labute approximate surface area is 169 Å². The molecule has 1 amide bonds. The van der Waals surface area contributed by atoms with Crippen LogP contribution in [0, 0.1) is 0 Å². The molecule has 1 fully saturated rings. The molecule has 0 radical (unpaired) electrons. The van der Waals surface area contributed by atoms with Crippen LogP contribution < -0.4 is 21.1 Å². The van der Waals surface area contributed by atoms with E-state index in [2.05, 4.69) is 16.7 Å². The molecule has 2 heterocycles. The van der Waals surface area contributed by atoms with Crippen LogP contribution in [0.4, 0.5) is 5.69 Å². The summed E-state index contributed by atoms with van der Waals surface area (Å²) >= 11 is 0. The van der Waals surface area contributed by atoms with E-state index in [1.807, 2.05) is 18.2 Å². The van der Waals surface area contributed by atoms with Crippen LogP contribution in [0.1, 0.15) is 34.7 Å². The number of para-hydroxylation sites is 1. The third-order valence-corrected chi connectivity index (χ3v) is 5.82. The minimum Gasteiger partial charge on any atom is -0.496 e. The fraction of sp³-hybridized carbons (Fsp3) is 0.364. The summed E-state index contributed by atoms with van der Waals surface area (Å²) in [5, 5.41) is 6.47. The Morgan fingerprint density at radius 3 is 2.45 bits per heavy atom. The maximum atomic E-state index is 13.0. The molecule has 2 aromatic carbocycles. The van der Waals surface area contributed by atoms with Crippen molar-refractivity contribution in [1.29, 1.82) is 0 Å². The van der Waals surface area contributed by atoms with Gasteiger partial charge >= 0.3 is 5.69 Å². The van der Waals surface area contributed by atoms with Crippen LogP contribution in [0.2, 0.25) is 0 Å². The van der Waals surface area contributed by atoms with E-state index in [9.17, 15) is 9.59 Å². The summed E-state index contributed by atoms with van der Waals surface area (Å²) < 4.78 is 8.61. The quantitative estimate of drug-likeness (QED) is 0.713. The lowest BCUT2D eigenvalue weighted by atomic mass is 9.88. The molecule has 29 heavy (non-hydrogen) atoms. The monoisotopic (exact) mass is 394 g/mol. The van der Waals surface area contributed by atoms with Crippen molar-refractivity contribution in [3.8, 4) is 5.75 Å². The Balaban J connectivity index is 1.81. The van der Waals surface area contributed by atoms with Crippen molar-refractivity contribution in [2.45, 2.75) is 18.8 Å². The average molecular weight is 394 g/mol. The maximum absolute atomic E-state index is 13.0. The Hall–Kier alpha value is -3.06. The predicted molar refractivity (Wildman–Crippen MR) is 114 cm³/mol. The van der Waals surface area contributed by atoms with Gasteiger partial charge in [-0.25, -0.2) is 4.79 Å². The minimum atomic E-state index is -0.224. The zero-order valence-electron chi connectivity index (χ0n) is 17.0. The highest BCUT2D eigenvalue weighted by molar-refractivity contribution is 6.07. The molecule has 0 atom stereocenters. The van der Waals surface area contributed by atoms with Crippen molar-refractivity contribution < 1.29 is 9.53 Å². The second-order valence-electron chi connectivity index (χ2n) is 7.51. The van der Waals surface area contributed by atoms with E-state index >= 15 is 0 Å². The first-order valence-electron chi connectivity index (χ1n) is 9.85. The fourth-order valence-electron chi connectivity index (χ4n) is 4.16. The van der Waals surface area contributed by atoms with Gasteiger partial charge in [0.15, 0.2) is 0 Å². The maximum Gasteiger partial charge on any atom is 0.328 e. The van der Waals surface area contributed by atoms with Gasteiger partial charge in [0.25, 0.3) is 5.91 Å². The van der Waals surface area contributed by atoms with E-state index in [0.29, 0.717) is 17.2 Å². The third kappa shape index (κ3) is 3.42. The molecule has 2 N–H and O–H groups in total. The highest BCUT2D eigenvalue weighted by Crippen LogP contribution is 2.35. The van der Waals surface area contributed by atoms with E-state index in [-0.39, 0.29) is 11.6 Å². The second kappa shape index (κ2) is 7.75. The first kappa shape index (κ1) is 19.3. The number of piperidine rings is 1. The topological polar surface area (TPSA) is 77.3 Å². The molecular weight excluding hydrogens is 368 g/mol. The van der Waals surface area contributed by atoms with Crippen LogP contribution in [0.25, 0.3) is 11.0 Å². The van der Waals surface area contributed by atoms with Gasteiger partial charge in [-0.15, -0.1) is 0 Å². The summed E-state index contributed by atoms with van der Waals surface area (Å²) in [5.74, 6) is 0.628. The first-order chi connectivity index (χ1) is 14.0. The van der Waals surface area contributed by atoms with Crippen molar-refractivity contribution in [2.24, 2.45) is 14.1 Å². The number of rotatable bonds is 4. The zero-order chi connectivity index (χ0) is 20.5. The molecule has 4 rings (SSSR count). The molecule has 1 aliphatic rings. The van der Waals surface area contributed by atoms with Gasteiger partial charge in [0, 0.05) is 19.8 Å². The largest absolute Gasteiger partial charge is 0.496 e. The summed E-state index contributed by atoms with van der Waals surface area (Å²) in [5.41, 5.74) is 3.90. The van der Waals surface area contributed by atoms with Gasteiger partial charge in [0.05, 0.1) is 23.7 Å². The second-order valence-corrected chi connectivity index (χ2v) is 7.51. The Morgan fingerprint density at radius 1 is 1.10 bits per heavy atom. The molecule has 0 spiro atoms. The van der Waals surface area contributed by atoms with E-state index < -0.39 is 0 Å². The van der Waals surface area contributed by atoms with Gasteiger partial charge in [-0.2, -0.15) is 0 Å². The number of carbonyl (C=O) groups excluding carboxylic acids is 1. The highest BCUT2D eigenvalue weighted by Gasteiger charge is 2.23. The molecule has 7 heteroatoms. The number of anilines is 1. The molecule has 152 valence electrons. The van der Waals surface area contributed by atoms with E-state index in [1.54, 1.807) is 42.5 Å². The average Bonchev–Trinajstić information content (AvgIpc) is 2.97. The van der Waals surface area contributed by atoms with Gasteiger partial charge in [-0.1, -0.05) is 12.1 Å². The van der Waals surface area contributed by atoms with Crippen LogP contribution in [0.15, 0.2) is 41.2 Å². The lowest BCUT2D eigenvalue weighted by Crippen LogP contribution is -2.27. The van der Waals surface area contributed by atoms with Gasteiger partial charge in [0.1, 0.15) is 5.75 Å². The van der Waals surface area contributed by atoms with Crippen LogP contribution in [0.3, 0.4) is 0 Å². The van der Waals surface area contributed by atoms with Gasteiger partial charge < -0.3 is 15.4 Å². The van der Waals surface area contributed by atoms with E-state index in [1.165, 1.54) is 0 Å². The molecular formula is C22H26N4O3. The van der Waals surface area contributed by atoms with Gasteiger partial charge in [-0.05, 0) is 61.7 Å². The Bertz CT molecular complexity index is 1120. The lowest BCUT2D eigenvalue weighted by Gasteiger charge is -2.25. The number of imidazole rings is 1. The molecule has 3 aromatic rings. The van der Waals surface area contributed by atoms with Gasteiger partial charge in [0.2, 0.25) is 0 Å². The number of methoxy groups -OCH3 is 1. The number of nitrogens with zero attached hydrogens (tertiary/aromatic N) is 2. The van der Waals surface area contributed by atoms with E-state index in [0.717, 1.165) is 48.2 Å². The number of carbonyl (C=O) groups is 1. The molecule has 0 bridgehead atoms. The third-order valence-electron chi connectivity index (χ3n) is 5.82. The molecule has 7 nitrogen and oxygen atoms in total. The number of fused-ring (bicyclic) bond motifs is 1. The number of aromatic nitrogens is 2. The molecule has 1 aromatic heterocycles. The highest BCUT2D eigenvalue weighted by atomic mass is 16.5. The predicted octanol–water partition coefficient (Wildman–Crippen LogP) is 2.60. The lowest BCUT2D eigenvalue weighted by molar-refractivity contribution is 0.102. The van der Waals surface area contributed by atoms with Crippen LogP contribution in [0.5, 0.6) is 5.75 Å². The van der Waals surface area contributed by atoms with Crippen molar-refractivity contribution in [2.75, 3.05) is 25.5 Å². The molecule has 1 saturated heterocycles. The first-order valence-corrected chi connectivity index (χ1v) is 9.85. The van der Waals surface area contributed by atoms with Gasteiger partial charge in [-0.3, -0.25) is 13.9 Å². The Kier molecular flexibility index (Phi) is 5.15. The fourth-order valence-corrected chi connectivity index (χ4v) is 4.16. The Morgan fingerprint density at radius 2 is 1.76 bits per heavy atom. The zero-order valence-corrected chi connectivity index (χ0v) is 17.0. The molecule has 0 saturated carbocycles. The van der Waals surface area contributed by atoms with Crippen molar-refractivity contribution in [3.05, 3.63) is 58.0 Å². The van der Waals surface area contributed by atoms with Crippen molar-refractivity contribution in [1.82, 2.24) is 14.5 Å². The van der Waals surface area contributed by atoms with Crippen molar-refractivity contribution >= 4 is 22.6 Å². The summed E-state index contributed by atoms with van der Waals surface area (Å²) in [6, 6.07) is 11.1. The number of ether oxygens (including phenoxy) is 1. The normalized spacial score (nSPS) is 14.9. The van der Waals surface area contributed by atoms with E-state index in [4.69, 9.17) is 4.74 Å². The smallest absolute Gasteiger partial charge is 0.328 e. The summed E-state index contributed by atoms with van der Waals surface area (Å²) in [6.07, 6.45) is 1.98. The standard InChI is InChI=1S/C22H26N4O3/c1-25-18-12-16(14-8-10-23-11-9-14)17(13-19(18)26(2)22(25)28)24-21(27)15-6-4-5-7-20(15)29-3/h4-7,12-14,23H,8-11H2,1-3H3,(H,24,27).